The first kappa shape index (κ1) is 22.6. The summed E-state index contributed by atoms with van der Waals surface area (Å²) >= 11 is 0. The Morgan fingerprint density at radius 3 is 2.60 bits per heavy atom. The molecule has 6 nitrogen and oxygen atoms in total. The minimum absolute atomic E-state index is 0.0176. The molecular formula is C29H28N4O2. The van der Waals surface area contributed by atoms with Crippen LogP contribution in [0.2, 0.25) is 0 Å². The zero-order valence-electron chi connectivity index (χ0n) is 19.7. The molecule has 0 bridgehead atoms. The van der Waals surface area contributed by atoms with E-state index in [0.29, 0.717) is 12.4 Å². The Hall–Kier alpha value is -4.19. The van der Waals surface area contributed by atoms with Gasteiger partial charge in [0.25, 0.3) is 0 Å². The van der Waals surface area contributed by atoms with E-state index >= 15 is 0 Å². The predicted octanol–water partition coefficient (Wildman–Crippen LogP) is 4.91. The predicted molar refractivity (Wildman–Crippen MR) is 139 cm³/mol. The number of anilines is 1. The van der Waals surface area contributed by atoms with E-state index in [4.69, 9.17) is 4.98 Å². The van der Waals surface area contributed by atoms with Gasteiger partial charge < -0.3 is 14.8 Å². The molecule has 2 heterocycles. The van der Waals surface area contributed by atoms with Crippen LogP contribution < -0.4 is 10.2 Å². The third-order valence-corrected chi connectivity index (χ3v) is 6.36. The van der Waals surface area contributed by atoms with Gasteiger partial charge in [-0.1, -0.05) is 60.7 Å². The summed E-state index contributed by atoms with van der Waals surface area (Å²) in [6, 6.07) is 25.2. The lowest BCUT2D eigenvalue weighted by Gasteiger charge is -2.30. The molecule has 0 fully saturated rings. The molecule has 1 N–H and O–H groups in total. The van der Waals surface area contributed by atoms with Crippen molar-refractivity contribution in [3.63, 3.8) is 0 Å². The molecule has 1 aromatic heterocycles. The Labute approximate surface area is 204 Å². The molecule has 1 aliphatic rings. The first-order chi connectivity index (χ1) is 17.1. The number of nitrogens with zero attached hydrogens (tertiary/aromatic N) is 3. The summed E-state index contributed by atoms with van der Waals surface area (Å²) in [5.74, 6) is 0.464. The van der Waals surface area contributed by atoms with Crippen molar-refractivity contribution in [2.24, 2.45) is 0 Å². The fraction of sp³-hybridized carbons (Fsp3) is 0.207. The molecule has 0 saturated carbocycles. The van der Waals surface area contributed by atoms with Crippen molar-refractivity contribution in [3.05, 3.63) is 102 Å². The number of carbonyl (C=O) groups is 2. The summed E-state index contributed by atoms with van der Waals surface area (Å²) in [5, 5.41) is 3.00. The smallest absolute Gasteiger partial charge is 0.246 e. The number of imidazole rings is 1. The number of para-hydroxylation sites is 3. The van der Waals surface area contributed by atoms with Crippen molar-refractivity contribution in [2.45, 2.75) is 32.4 Å². The topological polar surface area (TPSA) is 67.2 Å². The molecule has 0 saturated heterocycles. The summed E-state index contributed by atoms with van der Waals surface area (Å²) in [6.07, 6.45) is 5.23. The molecule has 3 aromatic carbocycles. The van der Waals surface area contributed by atoms with Gasteiger partial charge in [-0.2, -0.15) is 0 Å². The molecule has 0 aliphatic carbocycles. The van der Waals surface area contributed by atoms with Crippen LogP contribution in [0.4, 0.5) is 5.69 Å². The van der Waals surface area contributed by atoms with Gasteiger partial charge in [-0.3, -0.25) is 9.59 Å². The van der Waals surface area contributed by atoms with Gasteiger partial charge >= 0.3 is 0 Å². The number of carbonyl (C=O) groups excluding carboxylic acids is 2. The number of nitrogens with one attached hydrogen (secondary N) is 1. The quantitative estimate of drug-likeness (QED) is 0.413. The van der Waals surface area contributed by atoms with Crippen LogP contribution in [0.3, 0.4) is 0 Å². The van der Waals surface area contributed by atoms with Crippen molar-refractivity contribution < 1.29 is 9.59 Å². The van der Waals surface area contributed by atoms with E-state index in [-0.39, 0.29) is 24.4 Å². The molecule has 6 heteroatoms. The third-order valence-electron chi connectivity index (χ3n) is 6.36. The minimum atomic E-state index is -0.378. The van der Waals surface area contributed by atoms with Crippen LogP contribution >= 0.6 is 0 Å². The fourth-order valence-electron chi connectivity index (χ4n) is 4.67. The zero-order chi connectivity index (χ0) is 24.2. The summed E-state index contributed by atoms with van der Waals surface area (Å²) in [5.41, 5.74) is 4.82. The number of rotatable bonds is 6. The van der Waals surface area contributed by atoms with Gasteiger partial charge in [0.15, 0.2) is 0 Å². The molecule has 1 aliphatic heterocycles. The van der Waals surface area contributed by atoms with Crippen molar-refractivity contribution in [2.75, 3.05) is 11.4 Å². The number of hydrogen-bond acceptors (Lipinski definition) is 3. The lowest BCUT2D eigenvalue weighted by molar-refractivity contribution is -0.119. The van der Waals surface area contributed by atoms with Gasteiger partial charge in [0.05, 0.1) is 17.1 Å². The molecule has 0 spiro atoms. The SMILES string of the molecule is CC(NC(=O)/C=C\c1ccccc1)c1nc2ccccc2n1CC(=O)N1CCCc2ccccc21. The summed E-state index contributed by atoms with van der Waals surface area (Å²) < 4.78 is 1.93. The van der Waals surface area contributed by atoms with Crippen LogP contribution in [0, 0.1) is 0 Å². The van der Waals surface area contributed by atoms with E-state index in [1.165, 1.54) is 11.6 Å². The molecule has 35 heavy (non-hydrogen) atoms. The van der Waals surface area contributed by atoms with E-state index in [2.05, 4.69) is 11.4 Å². The van der Waals surface area contributed by atoms with Gasteiger partial charge in [0.1, 0.15) is 12.4 Å². The lowest BCUT2D eigenvalue weighted by atomic mass is 10.0. The van der Waals surface area contributed by atoms with Crippen LogP contribution in [0.15, 0.2) is 84.9 Å². The maximum atomic E-state index is 13.5. The second kappa shape index (κ2) is 9.97. The van der Waals surface area contributed by atoms with E-state index < -0.39 is 0 Å². The Kier molecular flexibility index (Phi) is 6.44. The van der Waals surface area contributed by atoms with Crippen molar-refractivity contribution in [3.8, 4) is 0 Å². The minimum Gasteiger partial charge on any atom is -0.343 e. The van der Waals surface area contributed by atoms with Crippen molar-refractivity contribution in [1.82, 2.24) is 14.9 Å². The number of hydrogen-bond donors (Lipinski definition) is 1. The molecule has 2 amide bonds. The van der Waals surface area contributed by atoms with Crippen LogP contribution in [0.1, 0.15) is 36.3 Å². The molecule has 1 atom stereocenters. The first-order valence-corrected chi connectivity index (χ1v) is 12.0. The highest BCUT2D eigenvalue weighted by Gasteiger charge is 2.25. The van der Waals surface area contributed by atoms with Crippen LogP contribution in [-0.4, -0.2) is 27.9 Å². The summed E-state index contributed by atoms with van der Waals surface area (Å²) in [6.45, 7) is 2.76. The van der Waals surface area contributed by atoms with Crippen molar-refractivity contribution >= 4 is 34.6 Å². The van der Waals surface area contributed by atoms with Crippen molar-refractivity contribution in [1.29, 1.82) is 0 Å². The normalized spacial score (nSPS) is 14.1. The average molecular weight is 465 g/mol. The monoisotopic (exact) mass is 464 g/mol. The summed E-state index contributed by atoms with van der Waals surface area (Å²) in [4.78, 5) is 32.8. The van der Waals surface area contributed by atoms with Gasteiger partial charge in [-0.05, 0) is 55.2 Å². The van der Waals surface area contributed by atoms with E-state index in [0.717, 1.165) is 35.1 Å². The molecule has 0 radical (unpaired) electrons. The number of aryl methyl sites for hydroxylation is 1. The zero-order valence-corrected chi connectivity index (χ0v) is 19.7. The molecule has 4 aromatic rings. The van der Waals surface area contributed by atoms with E-state index in [9.17, 15) is 9.59 Å². The Balaban J connectivity index is 1.39. The number of amides is 2. The third kappa shape index (κ3) is 4.87. The number of benzene rings is 3. The van der Waals surface area contributed by atoms with Gasteiger partial charge in [0, 0.05) is 18.3 Å². The second-order valence-electron chi connectivity index (χ2n) is 8.80. The molecule has 5 rings (SSSR count). The van der Waals surface area contributed by atoms with Gasteiger partial charge in [0.2, 0.25) is 11.8 Å². The first-order valence-electron chi connectivity index (χ1n) is 12.0. The second-order valence-corrected chi connectivity index (χ2v) is 8.80. The molecular weight excluding hydrogens is 436 g/mol. The lowest BCUT2D eigenvalue weighted by Crippen LogP contribution is -2.38. The maximum absolute atomic E-state index is 13.5. The number of fused-ring (bicyclic) bond motifs is 2. The Morgan fingerprint density at radius 1 is 1.00 bits per heavy atom. The average Bonchev–Trinajstić information content (AvgIpc) is 3.26. The van der Waals surface area contributed by atoms with Gasteiger partial charge in [-0.25, -0.2) is 4.98 Å². The van der Waals surface area contributed by atoms with Crippen LogP contribution in [0.5, 0.6) is 0 Å². The Bertz CT molecular complexity index is 1390. The largest absolute Gasteiger partial charge is 0.343 e. The van der Waals surface area contributed by atoms with E-state index in [1.807, 2.05) is 89.2 Å². The van der Waals surface area contributed by atoms with E-state index in [1.54, 1.807) is 6.08 Å². The highest BCUT2D eigenvalue weighted by atomic mass is 16.2. The maximum Gasteiger partial charge on any atom is 0.246 e. The van der Waals surface area contributed by atoms with Crippen LogP contribution in [0.25, 0.3) is 17.1 Å². The molecule has 1 unspecified atom stereocenters. The number of aromatic nitrogens is 2. The summed E-state index contributed by atoms with van der Waals surface area (Å²) in [7, 11) is 0. The molecule has 176 valence electrons. The standard InChI is InChI=1S/C29H28N4O2/c1-21(30-27(34)18-17-22-10-3-2-4-11-22)29-31-24-14-6-8-16-26(24)33(29)20-28(35)32-19-9-13-23-12-5-7-15-25(23)32/h2-8,10-12,14-18,21H,9,13,19-20H2,1H3,(H,30,34)/b18-17-. The van der Waals surface area contributed by atoms with Gasteiger partial charge in [-0.15, -0.1) is 0 Å². The van der Waals surface area contributed by atoms with Crippen LogP contribution in [-0.2, 0) is 22.6 Å². The Morgan fingerprint density at radius 2 is 1.74 bits per heavy atom. The fourth-order valence-corrected chi connectivity index (χ4v) is 4.67. The highest BCUT2D eigenvalue weighted by Crippen LogP contribution is 2.28. The highest BCUT2D eigenvalue weighted by molar-refractivity contribution is 5.95.